The lowest BCUT2D eigenvalue weighted by Crippen LogP contribution is -2.42. The average molecular weight is 445 g/mol. The van der Waals surface area contributed by atoms with E-state index in [0.717, 1.165) is 48.2 Å². The highest BCUT2D eigenvalue weighted by atomic mass is 32.2. The predicted octanol–water partition coefficient (Wildman–Crippen LogP) is 3.71. The quantitative estimate of drug-likeness (QED) is 0.513. The normalized spacial score (nSPS) is 16.1. The second-order valence-corrected chi connectivity index (χ2v) is 9.75. The van der Waals surface area contributed by atoms with E-state index in [4.69, 9.17) is 14.7 Å². The first kappa shape index (κ1) is 21.5. The van der Waals surface area contributed by atoms with Gasteiger partial charge in [-0.25, -0.2) is 9.97 Å². The fourth-order valence-electron chi connectivity index (χ4n) is 3.51. The molecule has 8 heteroatoms. The number of morpholine rings is 1. The minimum absolute atomic E-state index is 0.461. The average Bonchev–Trinajstić information content (AvgIpc) is 3.05. The molecule has 4 rings (SSSR count). The summed E-state index contributed by atoms with van der Waals surface area (Å²) in [7, 11) is 0. The summed E-state index contributed by atoms with van der Waals surface area (Å²) in [6.07, 6.45) is -0.463. The van der Waals surface area contributed by atoms with Gasteiger partial charge in [-0.3, -0.25) is 4.90 Å². The van der Waals surface area contributed by atoms with Gasteiger partial charge in [-0.15, -0.1) is 23.1 Å². The van der Waals surface area contributed by atoms with Crippen molar-refractivity contribution in [1.82, 2.24) is 14.9 Å². The molecule has 3 heterocycles. The molecular weight excluding hydrogens is 416 g/mol. The van der Waals surface area contributed by atoms with Gasteiger partial charge in [-0.05, 0) is 31.5 Å². The number of fused-ring (bicyclic) bond motifs is 1. The highest BCUT2D eigenvalue weighted by Crippen LogP contribution is 2.34. The lowest BCUT2D eigenvalue weighted by molar-refractivity contribution is 0.0171. The number of ether oxygens (including phenoxy) is 1. The maximum Gasteiger partial charge on any atom is 0.142 e. The molecule has 0 aliphatic carbocycles. The number of nitrogens with one attached hydrogen (secondary N) is 1. The summed E-state index contributed by atoms with van der Waals surface area (Å²) in [4.78, 5) is 15.4. The molecule has 1 saturated heterocycles. The fraction of sp³-hybridized carbons (Fsp3) is 0.455. The van der Waals surface area contributed by atoms with Crippen LogP contribution in [0.4, 0.5) is 5.82 Å². The molecule has 0 spiro atoms. The van der Waals surface area contributed by atoms with Crippen LogP contribution in [0.2, 0.25) is 0 Å². The Labute approximate surface area is 185 Å². The van der Waals surface area contributed by atoms with Crippen molar-refractivity contribution in [3.8, 4) is 0 Å². The van der Waals surface area contributed by atoms with Crippen LogP contribution in [0.15, 0.2) is 35.2 Å². The molecule has 1 aliphatic heterocycles. The first-order valence-corrected chi connectivity index (χ1v) is 12.1. The smallest absolute Gasteiger partial charge is 0.142 e. The van der Waals surface area contributed by atoms with E-state index in [9.17, 15) is 5.11 Å². The lowest BCUT2D eigenvalue weighted by atomic mass is 10.2. The van der Waals surface area contributed by atoms with Gasteiger partial charge >= 0.3 is 0 Å². The molecule has 0 amide bonds. The number of thioether (sulfide) groups is 1. The Bertz CT molecular complexity index is 974. The number of hydrogen-bond acceptors (Lipinski definition) is 8. The molecule has 0 bridgehead atoms. The summed E-state index contributed by atoms with van der Waals surface area (Å²) >= 11 is 3.44. The molecule has 2 aromatic heterocycles. The summed E-state index contributed by atoms with van der Waals surface area (Å²) in [6, 6.07) is 10.3. The van der Waals surface area contributed by atoms with Crippen LogP contribution >= 0.6 is 23.1 Å². The Hall–Kier alpha value is -1.71. The van der Waals surface area contributed by atoms with Crippen LogP contribution in [0, 0.1) is 13.8 Å². The van der Waals surface area contributed by atoms with Gasteiger partial charge in [-0.2, -0.15) is 0 Å². The van der Waals surface area contributed by atoms with Crippen LogP contribution in [0.25, 0.3) is 10.2 Å². The molecule has 30 heavy (non-hydrogen) atoms. The van der Waals surface area contributed by atoms with E-state index in [1.165, 1.54) is 15.3 Å². The third kappa shape index (κ3) is 5.31. The lowest BCUT2D eigenvalue weighted by Gasteiger charge is -2.28. The zero-order valence-corrected chi connectivity index (χ0v) is 19.1. The number of aliphatic hydroxyl groups is 1. The third-order valence-corrected chi connectivity index (χ3v) is 7.37. The molecular formula is C22H28N4O2S2. The first-order valence-electron chi connectivity index (χ1n) is 10.3. The van der Waals surface area contributed by atoms with Gasteiger partial charge in [0.25, 0.3) is 0 Å². The van der Waals surface area contributed by atoms with E-state index in [2.05, 4.69) is 36.2 Å². The SMILES string of the molecule is Cc1sc2nc(CSc3ccccc3)nc(NC[C@H](O)CN3CCOCC3)c2c1C. The van der Waals surface area contributed by atoms with Gasteiger partial charge in [-0.1, -0.05) is 18.2 Å². The number of aliphatic hydroxyl groups excluding tert-OH is 1. The van der Waals surface area contributed by atoms with Crippen molar-refractivity contribution in [2.45, 2.75) is 30.6 Å². The number of nitrogens with zero attached hydrogens (tertiary/aromatic N) is 3. The van der Waals surface area contributed by atoms with E-state index < -0.39 is 6.10 Å². The number of aromatic nitrogens is 2. The van der Waals surface area contributed by atoms with Gasteiger partial charge in [0, 0.05) is 36.0 Å². The molecule has 0 radical (unpaired) electrons. The predicted molar refractivity (Wildman–Crippen MR) is 125 cm³/mol. The Morgan fingerprint density at radius 3 is 2.73 bits per heavy atom. The third-order valence-electron chi connectivity index (χ3n) is 5.26. The van der Waals surface area contributed by atoms with Gasteiger partial charge in [0.2, 0.25) is 0 Å². The Morgan fingerprint density at radius 1 is 1.20 bits per heavy atom. The van der Waals surface area contributed by atoms with Crippen molar-refractivity contribution < 1.29 is 9.84 Å². The van der Waals surface area contributed by atoms with E-state index in [1.54, 1.807) is 23.1 Å². The van der Waals surface area contributed by atoms with Crippen LogP contribution in [0.1, 0.15) is 16.3 Å². The number of benzene rings is 1. The summed E-state index contributed by atoms with van der Waals surface area (Å²) in [6.45, 7) is 8.57. The molecule has 3 aromatic rings. The summed E-state index contributed by atoms with van der Waals surface area (Å²) in [5, 5.41) is 15.0. The summed E-state index contributed by atoms with van der Waals surface area (Å²) in [5.41, 5.74) is 1.21. The monoisotopic (exact) mass is 444 g/mol. The molecule has 160 valence electrons. The highest BCUT2D eigenvalue weighted by Gasteiger charge is 2.18. The number of anilines is 1. The molecule has 1 fully saturated rings. The van der Waals surface area contributed by atoms with Crippen molar-refractivity contribution in [2.24, 2.45) is 0 Å². The highest BCUT2D eigenvalue weighted by molar-refractivity contribution is 7.98. The number of hydrogen-bond donors (Lipinski definition) is 2. The molecule has 0 unspecified atom stereocenters. The van der Waals surface area contributed by atoms with Crippen molar-refractivity contribution >= 4 is 39.1 Å². The number of aryl methyl sites for hydroxylation is 2. The van der Waals surface area contributed by atoms with Gasteiger partial charge in [0.05, 0.1) is 30.5 Å². The Morgan fingerprint density at radius 2 is 1.97 bits per heavy atom. The number of rotatable bonds is 8. The van der Waals surface area contributed by atoms with Crippen molar-refractivity contribution in [3.05, 3.63) is 46.6 Å². The Balaban J connectivity index is 1.48. The van der Waals surface area contributed by atoms with Crippen LogP contribution in [0.3, 0.4) is 0 Å². The first-order chi connectivity index (χ1) is 14.6. The van der Waals surface area contributed by atoms with Crippen molar-refractivity contribution in [2.75, 3.05) is 44.7 Å². The van der Waals surface area contributed by atoms with Crippen LogP contribution in [-0.4, -0.2) is 65.5 Å². The summed E-state index contributed by atoms with van der Waals surface area (Å²) in [5.74, 6) is 2.34. The zero-order valence-electron chi connectivity index (χ0n) is 17.4. The zero-order chi connectivity index (χ0) is 20.9. The number of β-amino-alcohol motifs (C(OH)–C–C–N with tert-alkyl or cyclic N) is 1. The van der Waals surface area contributed by atoms with Crippen LogP contribution < -0.4 is 5.32 Å². The topological polar surface area (TPSA) is 70.5 Å². The van der Waals surface area contributed by atoms with Gasteiger partial charge < -0.3 is 15.2 Å². The summed E-state index contributed by atoms with van der Waals surface area (Å²) < 4.78 is 5.39. The molecule has 1 aliphatic rings. The van der Waals surface area contributed by atoms with E-state index in [1.807, 2.05) is 18.2 Å². The molecule has 1 atom stereocenters. The molecule has 6 nitrogen and oxygen atoms in total. The van der Waals surface area contributed by atoms with E-state index in [0.29, 0.717) is 18.8 Å². The van der Waals surface area contributed by atoms with E-state index >= 15 is 0 Å². The van der Waals surface area contributed by atoms with Crippen molar-refractivity contribution in [1.29, 1.82) is 0 Å². The minimum Gasteiger partial charge on any atom is -0.390 e. The van der Waals surface area contributed by atoms with Crippen LogP contribution in [0.5, 0.6) is 0 Å². The standard InChI is InChI=1S/C22H28N4O2S2/c1-15-16(2)30-22-20(15)21(23-12-17(27)13-26-8-10-28-11-9-26)24-19(25-22)14-29-18-6-4-3-5-7-18/h3-7,17,27H,8-14H2,1-2H3,(H,23,24,25)/t17-/m0/s1. The number of thiophene rings is 1. The molecule has 2 N–H and O–H groups in total. The van der Waals surface area contributed by atoms with E-state index in [-0.39, 0.29) is 0 Å². The maximum atomic E-state index is 10.5. The molecule has 0 saturated carbocycles. The fourth-order valence-corrected chi connectivity index (χ4v) is 5.33. The van der Waals surface area contributed by atoms with Crippen LogP contribution in [-0.2, 0) is 10.5 Å². The second-order valence-electron chi connectivity index (χ2n) is 7.50. The largest absolute Gasteiger partial charge is 0.390 e. The van der Waals surface area contributed by atoms with Gasteiger partial charge in [0.15, 0.2) is 0 Å². The Kier molecular flexibility index (Phi) is 7.22. The second kappa shape index (κ2) is 10.1. The van der Waals surface area contributed by atoms with Gasteiger partial charge in [0.1, 0.15) is 16.5 Å². The minimum atomic E-state index is -0.463. The van der Waals surface area contributed by atoms with Crippen molar-refractivity contribution in [3.63, 3.8) is 0 Å². The maximum absolute atomic E-state index is 10.5. The molecule has 1 aromatic carbocycles.